The van der Waals surface area contributed by atoms with Crippen LogP contribution in [0.4, 0.5) is 5.69 Å². The highest BCUT2D eigenvalue weighted by molar-refractivity contribution is 5.99. The zero-order valence-electron chi connectivity index (χ0n) is 12.5. The summed E-state index contributed by atoms with van der Waals surface area (Å²) in [4.78, 5) is 26.7. The molecule has 0 saturated heterocycles. The molecule has 24 heavy (non-hydrogen) atoms. The van der Waals surface area contributed by atoms with Crippen molar-refractivity contribution in [1.29, 1.82) is 0 Å². The number of pyridine rings is 1. The predicted molar refractivity (Wildman–Crippen MR) is 86.1 cm³/mol. The van der Waals surface area contributed by atoms with Gasteiger partial charge in [-0.2, -0.15) is 5.10 Å². The van der Waals surface area contributed by atoms with Gasteiger partial charge in [-0.3, -0.25) is 25.0 Å². The number of H-pyrrole nitrogens is 1. The van der Waals surface area contributed by atoms with E-state index < -0.39 is 4.92 Å². The Balaban J connectivity index is 1.77. The lowest BCUT2D eigenvalue weighted by molar-refractivity contribution is -0.384. The molecule has 3 aromatic rings. The zero-order valence-corrected chi connectivity index (χ0v) is 12.5. The van der Waals surface area contributed by atoms with Crippen LogP contribution in [0.1, 0.15) is 16.1 Å². The Bertz CT molecular complexity index is 859. The van der Waals surface area contributed by atoms with Gasteiger partial charge >= 0.3 is 0 Å². The number of nitrogens with zero attached hydrogens (tertiary/aromatic N) is 3. The van der Waals surface area contributed by atoms with Crippen molar-refractivity contribution >= 4 is 11.6 Å². The molecule has 2 aromatic heterocycles. The second-order valence-corrected chi connectivity index (χ2v) is 4.97. The van der Waals surface area contributed by atoms with Gasteiger partial charge in [0, 0.05) is 23.9 Å². The molecule has 0 saturated carbocycles. The van der Waals surface area contributed by atoms with Crippen LogP contribution in [0, 0.1) is 10.1 Å². The summed E-state index contributed by atoms with van der Waals surface area (Å²) in [5, 5.41) is 20.1. The third-order valence-corrected chi connectivity index (χ3v) is 3.41. The van der Waals surface area contributed by atoms with Gasteiger partial charge in [0.05, 0.1) is 34.6 Å². The van der Waals surface area contributed by atoms with E-state index in [1.54, 1.807) is 24.4 Å². The van der Waals surface area contributed by atoms with Crippen molar-refractivity contribution in [3.8, 4) is 11.3 Å². The molecule has 0 atom stereocenters. The molecule has 0 fully saturated rings. The molecule has 0 aliphatic heterocycles. The Kier molecular flexibility index (Phi) is 4.28. The first-order valence-corrected chi connectivity index (χ1v) is 7.11. The van der Waals surface area contributed by atoms with Crippen LogP contribution in [0.15, 0.2) is 54.9 Å². The molecule has 0 aliphatic carbocycles. The zero-order chi connectivity index (χ0) is 16.9. The highest BCUT2D eigenvalue weighted by Crippen LogP contribution is 2.23. The van der Waals surface area contributed by atoms with Crippen LogP contribution in [0.2, 0.25) is 0 Å². The summed E-state index contributed by atoms with van der Waals surface area (Å²) < 4.78 is 0. The van der Waals surface area contributed by atoms with Gasteiger partial charge in [-0.15, -0.1) is 0 Å². The average Bonchev–Trinajstić information content (AvgIpc) is 3.10. The Labute approximate surface area is 136 Å². The van der Waals surface area contributed by atoms with Crippen molar-refractivity contribution in [3.63, 3.8) is 0 Å². The standard InChI is InChI=1S/C16H13N5O3/c22-16(18-9-12-3-1-2-8-17-12)14-10-19-20-15(14)11-4-6-13(7-5-11)21(23)24/h1-8,10H,9H2,(H,18,22)(H,19,20). The molecule has 2 heterocycles. The number of hydrogen-bond acceptors (Lipinski definition) is 5. The van der Waals surface area contributed by atoms with Crippen molar-refractivity contribution in [3.05, 3.63) is 76.2 Å². The fourth-order valence-electron chi connectivity index (χ4n) is 2.20. The van der Waals surface area contributed by atoms with Gasteiger partial charge in [-0.1, -0.05) is 6.07 Å². The summed E-state index contributed by atoms with van der Waals surface area (Å²) in [6, 6.07) is 11.4. The number of carbonyl (C=O) groups is 1. The predicted octanol–water partition coefficient (Wildman–Crippen LogP) is 2.31. The number of hydrogen-bond donors (Lipinski definition) is 2. The smallest absolute Gasteiger partial charge is 0.269 e. The number of amides is 1. The molecule has 2 N–H and O–H groups in total. The van der Waals surface area contributed by atoms with E-state index in [4.69, 9.17) is 0 Å². The first-order chi connectivity index (χ1) is 11.6. The molecule has 3 rings (SSSR count). The van der Waals surface area contributed by atoms with Gasteiger partial charge in [0.2, 0.25) is 0 Å². The molecule has 8 nitrogen and oxygen atoms in total. The van der Waals surface area contributed by atoms with Gasteiger partial charge in [0.15, 0.2) is 0 Å². The molecule has 1 amide bonds. The molecule has 0 spiro atoms. The highest BCUT2D eigenvalue weighted by Gasteiger charge is 2.16. The van der Waals surface area contributed by atoms with Gasteiger partial charge in [-0.25, -0.2) is 0 Å². The number of aromatic amines is 1. The quantitative estimate of drug-likeness (QED) is 0.552. The van der Waals surface area contributed by atoms with Crippen molar-refractivity contribution in [1.82, 2.24) is 20.5 Å². The van der Waals surface area contributed by atoms with E-state index >= 15 is 0 Å². The Morgan fingerprint density at radius 2 is 2.00 bits per heavy atom. The number of carbonyl (C=O) groups excluding carboxylic acids is 1. The summed E-state index contributed by atoms with van der Waals surface area (Å²) in [6.45, 7) is 0.296. The summed E-state index contributed by atoms with van der Waals surface area (Å²) >= 11 is 0. The normalized spacial score (nSPS) is 10.3. The second kappa shape index (κ2) is 6.69. The van der Waals surface area contributed by atoms with Crippen LogP contribution in [0.3, 0.4) is 0 Å². The highest BCUT2D eigenvalue weighted by atomic mass is 16.6. The summed E-state index contributed by atoms with van der Waals surface area (Å²) in [5.41, 5.74) is 2.23. The summed E-state index contributed by atoms with van der Waals surface area (Å²) in [5.74, 6) is -0.303. The number of nitro groups is 1. The third kappa shape index (κ3) is 3.27. The van der Waals surface area contributed by atoms with Gasteiger partial charge in [0.1, 0.15) is 0 Å². The van der Waals surface area contributed by atoms with E-state index in [2.05, 4.69) is 20.5 Å². The molecule has 0 bridgehead atoms. The minimum atomic E-state index is -0.475. The van der Waals surface area contributed by atoms with E-state index in [0.29, 0.717) is 23.4 Å². The van der Waals surface area contributed by atoms with Crippen molar-refractivity contribution < 1.29 is 9.72 Å². The Morgan fingerprint density at radius 3 is 2.67 bits per heavy atom. The molecule has 8 heteroatoms. The average molecular weight is 323 g/mol. The van der Waals surface area contributed by atoms with E-state index in [1.165, 1.54) is 18.3 Å². The Morgan fingerprint density at radius 1 is 1.21 bits per heavy atom. The lowest BCUT2D eigenvalue weighted by Gasteiger charge is -2.05. The van der Waals surface area contributed by atoms with Crippen LogP contribution in [0.5, 0.6) is 0 Å². The van der Waals surface area contributed by atoms with E-state index in [-0.39, 0.29) is 11.6 Å². The third-order valence-electron chi connectivity index (χ3n) is 3.41. The maximum atomic E-state index is 12.3. The molecule has 1 aromatic carbocycles. The number of non-ortho nitro benzene ring substituents is 1. The van der Waals surface area contributed by atoms with Crippen molar-refractivity contribution in [2.45, 2.75) is 6.54 Å². The molecule has 0 unspecified atom stereocenters. The number of benzene rings is 1. The first kappa shape index (κ1) is 15.3. The fraction of sp³-hybridized carbons (Fsp3) is 0.0625. The lowest BCUT2D eigenvalue weighted by Crippen LogP contribution is -2.23. The number of nitrogens with one attached hydrogen (secondary N) is 2. The maximum absolute atomic E-state index is 12.3. The maximum Gasteiger partial charge on any atom is 0.269 e. The van der Waals surface area contributed by atoms with E-state index in [1.807, 2.05) is 12.1 Å². The molecular formula is C16H13N5O3. The van der Waals surface area contributed by atoms with Gasteiger partial charge < -0.3 is 5.32 Å². The number of aromatic nitrogens is 3. The largest absolute Gasteiger partial charge is 0.346 e. The molecule has 0 radical (unpaired) electrons. The minimum absolute atomic E-state index is 0.0144. The topological polar surface area (TPSA) is 114 Å². The number of rotatable bonds is 5. The summed E-state index contributed by atoms with van der Waals surface area (Å²) in [7, 11) is 0. The van der Waals surface area contributed by atoms with Gasteiger partial charge in [0.25, 0.3) is 11.6 Å². The van der Waals surface area contributed by atoms with Crippen LogP contribution in [-0.2, 0) is 6.54 Å². The molecular weight excluding hydrogens is 310 g/mol. The van der Waals surface area contributed by atoms with E-state index in [9.17, 15) is 14.9 Å². The fourth-order valence-corrected chi connectivity index (χ4v) is 2.20. The number of nitro benzene ring substituents is 1. The van der Waals surface area contributed by atoms with Crippen molar-refractivity contribution in [2.75, 3.05) is 0 Å². The first-order valence-electron chi connectivity index (χ1n) is 7.11. The summed E-state index contributed by atoms with van der Waals surface area (Å²) in [6.07, 6.45) is 3.08. The monoisotopic (exact) mass is 323 g/mol. The van der Waals surface area contributed by atoms with Crippen LogP contribution < -0.4 is 5.32 Å². The lowest BCUT2D eigenvalue weighted by atomic mass is 10.1. The Hall–Kier alpha value is -3.55. The second-order valence-electron chi connectivity index (χ2n) is 4.97. The van der Waals surface area contributed by atoms with E-state index in [0.717, 1.165) is 5.69 Å². The van der Waals surface area contributed by atoms with Gasteiger partial charge in [-0.05, 0) is 24.3 Å². The van der Waals surface area contributed by atoms with Crippen LogP contribution in [-0.4, -0.2) is 26.0 Å². The molecule has 120 valence electrons. The van der Waals surface area contributed by atoms with Crippen LogP contribution in [0.25, 0.3) is 11.3 Å². The van der Waals surface area contributed by atoms with Crippen molar-refractivity contribution in [2.24, 2.45) is 0 Å². The molecule has 0 aliphatic rings. The minimum Gasteiger partial charge on any atom is -0.346 e. The SMILES string of the molecule is O=C(NCc1ccccn1)c1cn[nH]c1-c1ccc([N+](=O)[O-])cc1. The van der Waals surface area contributed by atoms with Crippen LogP contribution >= 0.6 is 0 Å².